The van der Waals surface area contributed by atoms with E-state index in [0.29, 0.717) is 6.61 Å². The summed E-state index contributed by atoms with van der Waals surface area (Å²) >= 11 is 0. The molecule has 0 saturated carbocycles. The van der Waals surface area contributed by atoms with Crippen molar-refractivity contribution in [1.82, 2.24) is 0 Å². The zero-order chi connectivity index (χ0) is 19.2. The van der Waals surface area contributed by atoms with Crippen LogP contribution in [0.15, 0.2) is 24.3 Å². The monoisotopic (exact) mass is 362 g/mol. The molecule has 1 atom stereocenters. The SMILES string of the molecule is CCC(C)CCCCCCCCCCOC(=O)c1ccccc1C(=O)O. The highest BCUT2D eigenvalue weighted by atomic mass is 16.5. The second kappa shape index (κ2) is 13.4. The number of esters is 1. The second-order valence-electron chi connectivity index (χ2n) is 7.12. The molecule has 1 unspecified atom stereocenters. The maximum atomic E-state index is 12.0. The normalized spacial score (nSPS) is 11.9. The lowest BCUT2D eigenvalue weighted by Crippen LogP contribution is -2.12. The summed E-state index contributed by atoms with van der Waals surface area (Å²) in [6, 6.07) is 6.16. The lowest BCUT2D eigenvalue weighted by atomic mass is 10.00. The van der Waals surface area contributed by atoms with Gasteiger partial charge >= 0.3 is 11.9 Å². The summed E-state index contributed by atoms with van der Waals surface area (Å²) < 4.78 is 5.21. The minimum Gasteiger partial charge on any atom is -0.478 e. The van der Waals surface area contributed by atoms with Crippen LogP contribution in [0, 0.1) is 5.92 Å². The van der Waals surface area contributed by atoms with Gasteiger partial charge in [-0.3, -0.25) is 0 Å². The minimum atomic E-state index is -1.11. The van der Waals surface area contributed by atoms with Crippen LogP contribution in [0.25, 0.3) is 0 Å². The number of aromatic carboxylic acids is 1. The number of hydrogen-bond donors (Lipinski definition) is 1. The second-order valence-corrected chi connectivity index (χ2v) is 7.12. The predicted octanol–water partition coefficient (Wildman–Crippen LogP) is 6.10. The number of ether oxygens (including phenoxy) is 1. The number of rotatable bonds is 14. The Kier molecular flexibility index (Phi) is 11.4. The van der Waals surface area contributed by atoms with Crippen LogP contribution >= 0.6 is 0 Å². The molecule has 0 aliphatic carbocycles. The fourth-order valence-electron chi connectivity index (χ4n) is 2.95. The number of unbranched alkanes of at least 4 members (excludes halogenated alkanes) is 7. The number of hydrogen-bond acceptors (Lipinski definition) is 3. The highest BCUT2D eigenvalue weighted by molar-refractivity contribution is 6.02. The van der Waals surface area contributed by atoms with Crippen LogP contribution in [0.2, 0.25) is 0 Å². The maximum absolute atomic E-state index is 12.0. The van der Waals surface area contributed by atoms with Gasteiger partial charge in [-0.15, -0.1) is 0 Å². The number of carbonyl (C=O) groups excluding carboxylic acids is 1. The van der Waals surface area contributed by atoms with E-state index in [1.807, 2.05) is 0 Å². The third-order valence-electron chi connectivity index (χ3n) is 4.90. The van der Waals surface area contributed by atoms with Crippen LogP contribution < -0.4 is 0 Å². The highest BCUT2D eigenvalue weighted by Gasteiger charge is 2.16. The Labute approximate surface area is 158 Å². The molecule has 1 N–H and O–H groups in total. The van der Waals surface area contributed by atoms with Gasteiger partial charge in [0.15, 0.2) is 0 Å². The van der Waals surface area contributed by atoms with E-state index in [1.165, 1.54) is 57.1 Å². The van der Waals surface area contributed by atoms with Crippen molar-refractivity contribution in [3.8, 4) is 0 Å². The third-order valence-corrected chi connectivity index (χ3v) is 4.90. The lowest BCUT2D eigenvalue weighted by molar-refractivity contribution is 0.0487. The van der Waals surface area contributed by atoms with E-state index in [2.05, 4.69) is 13.8 Å². The van der Waals surface area contributed by atoms with Gasteiger partial charge in [0.1, 0.15) is 0 Å². The van der Waals surface area contributed by atoms with Gasteiger partial charge in [0.25, 0.3) is 0 Å². The zero-order valence-corrected chi connectivity index (χ0v) is 16.3. The fourth-order valence-corrected chi connectivity index (χ4v) is 2.95. The molecule has 0 bridgehead atoms. The molecule has 26 heavy (non-hydrogen) atoms. The van der Waals surface area contributed by atoms with Crippen LogP contribution in [0.1, 0.15) is 98.8 Å². The summed E-state index contributed by atoms with van der Waals surface area (Å²) in [4.78, 5) is 23.1. The van der Waals surface area contributed by atoms with Gasteiger partial charge in [0.05, 0.1) is 17.7 Å². The molecule has 0 aromatic heterocycles. The lowest BCUT2D eigenvalue weighted by Gasteiger charge is -2.08. The largest absolute Gasteiger partial charge is 0.478 e. The van der Waals surface area contributed by atoms with E-state index >= 15 is 0 Å². The van der Waals surface area contributed by atoms with E-state index in [4.69, 9.17) is 9.84 Å². The van der Waals surface area contributed by atoms with Gasteiger partial charge in [0, 0.05) is 0 Å². The fraction of sp³-hybridized carbons (Fsp3) is 0.636. The molecule has 0 heterocycles. The van der Waals surface area contributed by atoms with Crippen LogP contribution in [-0.2, 0) is 4.74 Å². The molecule has 1 aromatic carbocycles. The number of carboxylic acids is 1. The summed E-state index contributed by atoms with van der Waals surface area (Å²) in [5.74, 6) is -0.800. The summed E-state index contributed by atoms with van der Waals surface area (Å²) in [5, 5.41) is 9.09. The van der Waals surface area contributed by atoms with Crippen molar-refractivity contribution in [3.63, 3.8) is 0 Å². The molecule has 1 rings (SSSR count). The van der Waals surface area contributed by atoms with Crippen molar-refractivity contribution in [1.29, 1.82) is 0 Å². The molecule has 0 fully saturated rings. The molecule has 0 radical (unpaired) electrons. The Bertz CT molecular complexity index is 539. The zero-order valence-electron chi connectivity index (χ0n) is 16.3. The van der Waals surface area contributed by atoms with E-state index in [-0.39, 0.29) is 11.1 Å². The Hall–Kier alpha value is -1.84. The highest BCUT2D eigenvalue weighted by Crippen LogP contribution is 2.15. The van der Waals surface area contributed by atoms with Crippen LogP contribution in [-0.4, -0.2) is 23.7 Å². The molecule has 1 aromatic rings. The average molecular weight is 363 g/mol. The maximum Gasteiger partial charge on any atom is 0.339 e. The van der Waals surface area contributed by atoms with Crippen molar-refractivity contribution < 1.29 is 19.4 Å². The quantitative estimate of drug-likeness (QED) is 0.321. The van der Waals surface area contributed by atoms with Crippen LogP contribution in [0.4, 0.5) is 0 Å². The Balaban J connectivity index is 2.04. The Morgan fingerprint density at radius 3 is 2.04 bits per heavy atom. The minimum absolute atomic E-state index is 0.00849. The standard InChI is InChI=1S/C22H34O4/c1-3-18(2)14-10-8-6-4-5-7-9-13-17-26-22(25)20-16-12-11-15-19(20)21(23)24/h11-12,15-16,18H,3-10,13-14,17H2,1-2H3,(H,23,24). The first-order valence-electron chi connectivity index (χ1n) is 10.1. The summed E-state index contributed by atoms with van der Waals surface area (Å²) in [6.45, 7) is 4.93. The Morgan fingerprint density at radius 1 is 0.923 bits per heavy atom. The average Bonchev–Trinajstić information content (AvgIpc) is 2.65. The predicted molar refractivity (Wildman–Crippen MR) is 105 cm³/mol. The molecule has 0 aliphatic heterocycles. The molecule has 0 saturated heterocycles. The van der Waals surface area contributed by atoms with Crippen molar-refractivity contribution in [2.24, 2.45) is 5.92 Å². The van der Waals surface area contributed by atoms with E-state index < -0.39 is 11.9 Å². The first kappa shape index (κ1) is 22.2. The summed E-state index contributed by atoms with van der Waals surface area (Å²) in [6.07, 6.45) is 12.2. The van der Waals surface area contributed by atoms with Gasteiger partial charge < -0.3 is 9.84 Å². The van der Waals surface area contributed by atoms with Gasteiger partial charge in [-0.05, 0) is 24.5 Å². The van der Waals surface area contributed by atoms with Crippen molar-refractivity contribution in [3.05, 3.63) is 35.4 Å². The number of benzene rings is 1. The van der Waals surface area contributed by atoms with Gasteiger partial charge in [0.2, 0.25) is 0 Å². The number of carbonyl (C=O) groups is 2. The van der Waals surface area contributed by atoms with E-state index in [9.17, 15) is 9.59 Å². The molecule has 4 heteroatoms. The third kappa shape index (κ3) is 9.02. The molecule has 4 nitrogen and oxygen atoms in total. The Morgan fingerprint density at radius 2 is 1.46 bits per heavy atom. The molecule has 0 amide bonds. The molecule has 0 aliphatic rings. The molecular weight excluding hydrogens is 328 g/mol. The van der Waals surface area contributed by atoms with Gasteiger partial charge in [-0.25, -0.2) is 9.59 Å². The van der Waals surface area contributed by atoms with Crippen molar-refractivity contribution in [2.45, 2.75) is 78.1 Å². The number of carboxylic acid groups (broad SMARTS) is 1. The van der Waals surface area contributed by atoms with Crippen molar-refractivity contribution in [2.75, 3.05) is 6.61 Å². The first-order valence-corrected chi connectivity index (χ1v) is 10.1. The van der Waals surface area contributed by atoms with Crippen LogP contribution in [0.5, 0.6) is 0 Å². The molecule has 0 spiro atoms. The smallest absolute Gasteiger partial charge is 0.339 e. The first-order chi connectivity index (χ1) is 12.6. The van der Waals surface area contributed by atoms with E-state index in [1.54, 1.807) is 12.1 Å². The molecule has 146 valence electrons. The van der Waals surface area contributed by atoms with Crippen molar-refractivity contribution >= 4 is 11.9 Å². The summed E-state index contributed by atoms with van der Waals surface area (Å²) in [5.41, 5.74) is 0.114. The van der Waals surface area contributed by atoms with E-state index in [0.717, 1.165) is 25.2 Å². The summed E-state index contributed by atoms with van der Waals surface area (Å²) in [7, 11) is 0. The van der Waals surface area contributed by atoms with Crippen LogP contribution in [0.3, 0.4) is 0 Å². The van der Waals surface area contributed by atoms with Gasteiger partial charge in [-0.2, -0.15) is 0 Å². The molecular formula is C22H34O4. The van der Waals surface area contributed by atoms with Gasteiger partial charge in [-0.1, -0.05) is 83.8 Å². The topological polar surface area (TPSA) is 63.6 Å².